The summed E-state index contributed by atoms with van der Waals surface area (Å²) in [6.07, 6.45) is 2.50. The molecule has 102 valence electrons. The molecule has 0 spiro atoms. The molecule has 0 saturated carbocycles. The fourth-order valence-corrected chi connectivity index (χ4v) is 3.53. The van der Waals surface area contributed by atoms with Crippen LogP contribution in [-0.2, 0) is 17.1 Å². The molecule has 2 heterocycles. The van der Waals surface area contributed by atoms with E-state index in [-0.39, 0.29) is 0 Å². The maximum atomic E-state index is 5.30. The van der Waals surface area contributed by atoms with E-state index < -0.39 is 0 Å². The fraction of sp³-hybridized carbons (Fsp3) is 0.769. The van der Waals surface area contributed by atoms with Crippen LogP contribution in [0.5, 0.6) is 0 Å². The predicted octanol–water partition coefficient (Wildman–Crippen LogP) is 2.49. The number of halogens is 1. The summed E-state index contributed by atoms with van der Waals surface area (Å²) in [4.78, 5) is 2.46. The van der Waals surface area contributed by atoms with Gasteiger partial charge in [-0.05, 0) is 25.7 Å². The summed E-state index contributed by atoms with van der Waals surface area (Å²) in [5, 5.41) is 5.41. The van der Waals surface area contributed by atoms with Crippen LogP contribution in [0.3, 0.4) is 0 Å². The molecule has 1 aromatic heterocycles. The summed E-state index contributed by atoms with van der Waals surface area (Å²) < 4.78 is 7.31. The summed E-state index contributed by atoms with van der Waals surface area (Å²) in [6, 6.07) is 0. The molecule has 1 saturated heterocycles. The first-order valence-electron chi connectivity index (χ1n) is 6.49. The van der Waals surface area contributed by atoms with Gasteiger partial charge in [-0.3, -0.25) is 4.68 Å². The van der Waals surface area contributed by atoms with Gasteiger partial charge in [0.15, 0.2) is 0 Å². The van der Waals surface area contributed by atoms with Crippen LogP contribution in [0.25, 0.3) is 0 Å². The minimum Gasteiger partial charge on any atom is -0.384 e. The van der Waals surface area contributed by atoms with Gasteiger partial charge in [0.1, 0.15) is 5.82 Å². The molecular formula is C13H22BrN3O. The van der Waals surface area contributed by atoms with Crippen molar-refractivity contribution in [1.29, 1.82) is 0 Å². The Morgan fingerprint density at radius 3 is 2.94 bits per heavy atom. The van der Waals surface area contributed by atoms with Crippen LogP contribution in [0.4, 0.5) is 5.82 Å². The lowest BCUT2D eigenvalue weighted by Gasteiger charge is -2.34. The summed E-state index contributed by atoms with van der Waals surface area (Å²) in [6.45, 7) is 5.14. The molecule has 0 bridgehead atoms. The largest absolute Gasteiger partial charge is 0.384 e. The van der Waals surface area contributed by atoms with E-state index in [0.29, 0.717) is 5.92 Å². The topological polar surface area (TPSA) is 30.3 Å². The number of nitrogens with zero attached hydrogens (tertiary/aromatic N) is 3. The lowest BCUT2D eigenvalue weighted by Crippen LogP contribution is -2.38. The van der Waals surface area contributed by atoms with Crippen LogP contribution in [0.1, 0.15) is 24.1 Å². The number of hydrogen-bond acceptors (Lipinski definition) is 3. The van der Waals surface area contributed by atoms with Gasteiger partial charge in [-0.1, -0.05) is 15.9 Å². The summed E-state index contributed by atoms with van der Waals surface area (Å²) in [5.41, 5.74) is 2.44. The summed E-state index contributed by atoms with van der Waals surface area (Å²) in [5.74, 6) is 1.91. The third-order valence-corrected chi connectivity index (χ3v) is 4.23. The number of piperidine rings is 1. The average molecular weight is 316 g/mol. The van der Waals surface area contributed by atoms with Crippen LogP contribution in [0, 0.1) is 12.8 Å². The molecule has 1 fully saturated rings. The molecule has 18 heavy (non-hydrogen) atoms. The third kappa shape index (κ3) is 2.72. The van der Waals surface area contributed by atoms with Gasteiger partial charge in [0.2, 0.25) is 0 Å². The first-order chi connectivity index (χ1) is 8.67. The molecular weight excluding hydrogens is 294 g/mol. The molecule has 5 heteroatoms. The Balaban J connectivity index is 2.20. The van der Waals surface area contributed by atoms with Crippen LogP contribution in [-0.4, -0.2) is 36.6 Å². The molecule has 1 aliphatic heterocycles. The minimum atomic E-state index is 0.641. The van der Waals surface area contributed by atoms with Crippen molar-refractivity contribution in [2.75, 3.05) is 31.7 Å². The van der Waals surface area contributed by atoms with Crippen LogP contribution < -0.4 is 4.90 Å². The zero-order valence-electron chi connectivity index (χ0n) is 11.4. The number of rotatable bonds is 4. The quantitative estimate of drug-likeness (QED) is 0.800. The fourth-order valence-electron chi connectivity index (χ4n) is 2.87. The van der Waals surface area contributed by atoms with Crippen LogP contribution in [0.2, 0.25) is 0 Å². The highest BCUT2D eigenvalue weighted by Gasteiger charge is 2.25. The Labute approximate surface area is 117 Å². The second-order valence-corrected chi connectivity index (χ2v) is 5.62. The zero-order valence-corrected chi connectivity index (χ0v) is 13.0. The molecule has 1 unspecified atom stereocenters. The van der Waals surface area contributed by atoms with Gasteiger partial charge < -0.3 is 9.64 Å². The number of aromatic nitrogens is 2. The van der Waals surface area contributed by atoms with E-state index >= 15 is 0 Å². The average Bonchev–Trinajstić information content (AvgIpc) is 2.64. The Kier molecular flexibility index (Phi) is 4.67. The van der Waals surface area contributed by atoms with Crippen molar-refractivity contribution in [2.24, 2.45) is 13.0 Å². The maximum absolute atomic E-state index is 5.30. The third-order valence-electron chi connectivity index (χ3n) is 3.67. The van der Waals surface area contributed by atoms with Crippen molar-refractivity contribution in [3.63, 3.8) is 0 Å². The van der Waals surface area contributed by atoms with Crippen molar-refractivity contribution in [1.82, 2.24) is 9.78 Å². The van der Waals surface area contributed by atoms with Crippen molar-refractivity contribution in [2.45, 2.75) is 25.1 Å². The second kappa shape index (κ2) is 6.06. The highest BCUT2D eigenvalue weighted by Crippen LogP contribution is 2.29. The smallest absolute Gasteiger partial charge is 0.130 e. The highest BCUT2D eigenvalue weighted by atomic mass is 79.9. The molecule has 1 aromatic rings. The van der Waals surface area contributed by atoms with Gasteiger partial charge in [-0.15, -0.1) is 0 Å². The zero-order chi connectivity index (χ0) is 13.1. The van der Waals surface area contributed by atoms with E-state index in [4.69, 9.17) is 4.74 Å². The molecule has 0 aliphatic carbocycles. The predicted molar refractivity (Wildman–Crippen MR) is 77.4 cm³/mol. The SMILES string of the molecule is COCC1CCCN(c2c(CBr)c(C)nn2C)C1. The van der Waals surface area contributed by atoms with Crippen LogP contribution >= 0.6 is 15.9 Å². The van der Waals surface area contributed by atoms with E-state index in [1.165, 1.54) is 24.2 Å². The van der Waals surface area contributed by atoms with Gasteiger partial charge in [0, 0.05) is 38.1 Å². The van der Waals surface area contributed by atoms with E-state index in [1.807, 2.05) is 11.7 Å². The number of aryl methyl sites for hydroxylation is 2. The van der Waals surface area contributed by atoms with Crippen molar-refractivity contribution >= 4 is 21.7 Å². The Bertz CT molecular complexity index is 403. The lowest BCUT2D eigenvalue weighted by molar-refractivity contribution is 0.143. The summed E-state index contributed by atoms with van der Waals surface area (Å²) in [7, 11) is 3.82. The Hall–Kier alpha value is -0.550. The highest BCUT2D eigenvalue weighted by molar-refractivity contribution is 9.08. The molecule has 2 rings (SSSR count). The lowest BCUT2D eigenvalue weighted by atomic mass is 9.98. The molecule has 0 aromatic carbocycles. The first kappa shape index (κ1) is 13.9. The van der Waals surface area contributed by atoms with Gasteiger partial charge in [0.25, 0.3) is 0 Å². The summed E-state index contributed by atoms with van der Waals surface area (Å²) >= 11 is 3.58. The van der Waals surface area contributed by atoms with E-state index in [2.05, 4.69) is 32.9 Å². The molecule has 0 radical (unpaired) electrons. The molecule has 1 aliphatic rings. The molecule has 4 nitrogen and oxygen atoms in total. The normalized spacial score (nSPS) is 20.4. The number of alkyl halides is 1. The van der Waals surface area contributed by atoms with Gasteiger partial charge in [-0.25, -0.2) is 0 Å². The Morgan fingerprint density at radius 1 is 1.50 bits per heavy atom. The number of ether oxygens (including phenoxy) is 1. The standard InChI is InChI=1S/C13H22BrN3O/c1-10-12(7-14)13(16(2)15-10)17-6-4-5-11(8-17)9-18-3/h11H,4-9H2,1-3H3. The number of hydrogen-bond donors (Lipinski definition) is 0. The monoisotopic (exact) mass is 315 g/mol. The van der Waals surface area contributed by atoms with Crippen LogP contribution in [0.15, 0.2) is 0 Å². The minimum absolute atomic E-state index is 0.641. The van der Waals surface area contributed by atoms with Gasteiger partial charge in [0.05, 0.1) is 12.3 Å². The van der Waals surface area contributed by atoms with Gasteiger partial charge in [-0.2, -0.15) is 5.10 Å². The van der Waals surface area contributed by atoms with Crippen molar-refractivity contribution in [3.05, 3.63) is 11.3 Å². The maximum Gasteiger partial charge on any atom is 0.130 e. The molecule has 0 N–H and O–H groups in total. The molecule has 0 amide bonds. The first-order valence-corrected chi connectivity index (χ1v) is 7.61. The molecule has 1 atom stereocenters. The van der Waals surface area contributed by atoms with Gasteiger partial charge >= 0.3 is 0 Å². The van der Waals surface area contributed by atoms with E-state index in [1.54, 1.807) is 7.11 Å². The second-order valence-electron chi connectivity index (χ2n) is 5.05. The van der Waals surface area contributed by atoms with Crippen molar-refractivity contribution in [3.8, 4) is 0 Å². The number of anilines is 1. The Morgan fingerprint density at radius 2 is 2.28 bits per heavy atom. The number of methoxy groups -OCH3 is 1. The van der Waals surface area contributed by atoms with E-state index in [0.717, 1.165) is 30.7 Å². The van der Waals surface area contributed by atoms with E-state index in [9.17, 15) is 0 Å². The van der Waals surface area contributed by atoms with Crippen molar-refractivity contribution < 1.29 is 4.74 Å².